The lowest BCUT2D eigenvalue weighted by atomic mass is 10.0. The lowest BCUT2D eigenvalue weighted by Crippen LogP contribution is -2.37. The van der Waals surface area contributed by atoms with E-state index in [0.717, 1.165) is 13.2 Å². The maximum absolute atomic E-state index is 11.7. The Morgan fingerprint density at radius 2 is 1.93 bits per heavy atom. The van der Waals surface area contributed by atoms with Gasteiger partial charge >= 0.3 is 0 Å². The zero-order valence-electron chi connectivity index (χ0n) is 8.45. The molecule has 1 amide bonds. The Morgan fingerprint density at radius 3 is 2.29 bits per heavy atom. The highest BCUT2D eigenvalue weighted by atomic mass is 16.5. The summed E-state index contributed by atoms with van der Waals surface area (Å²) in [6, 6.07) is 0. The van der Waals surface area contributed by atoms with Gasteiger partial charge in [-0.25, -0.2) is 0 Å². The van der Waals surface area contributed by atoms with Crippen LogP contribution in [0.1, 0.15) is 6.42 Å². The molecule has 1 aliphatic rings. The Balaban J connectivity index is 2.35. The van der Waals surface area contributed by atoms with Crippen LogP contribution in [-0.2, 0) is 9.53 Å². The molecule has 78 valence electrons. The summed E-state index contributed by atoms with van der Waals surface area (Å²) in [5.41, 5.74) is 0. The maximum Gasteiger partial charge on any atom is 0.223 e. The van der Waals surface area contributed by atoms with Gasteiger partial charge in [-0.05, 0) is 0 Å². The van der Waals surface area contributed by atoms with Crippen molar-refractivity contribution in [3.05, 3.63) is 25.3 Å². The van der Waals surface area contributed by atoms with Crippen molar-refractivity contribution < 1.29 is 9.53 Å². The molecule has 0 saturated carbocycles. The number of amides is 1. The van der Waals surface area contributed by atoms with Crippen molar-refractivity contribution in [2.24, 2.45) is 5.92 Å². The van der Waals surface area contributed by atoms with Crippen molar-refractivity contribution in [1.29, 1.82) is 0 Å². The minimum absolute atomic E-state index is 0.165. The van der Waals surface area contributed by atoms with Gasteiger partial charge in [0.2, 0.25) is 5.91 Å². The van der Waals surface area contributed by atoms with Gasteiger partial charge in [-0.15, -0.1) is 13.2 Å². The SMILES string of the molecule is C=CCN(CC=C)C(=O)CC1COC1. The van der Waals surface area contributed by atoms with Crippen LogP contribution in [0.25, 0.3) is 0 Å². The van der Waals surface area contributed by atoms with Gasteiger partial charge in [-0.1, -0.05) is 12.2 Å². The van der Waals surface area contributed by atoms with Crippen molar-refractivity contribution in [2.45, 2.75) is 6.42 Å². The second kappa shape index (κ2) is 5.60. The third-order valence-corrected chi connectivity index (χ3v) is 2.22. The molecule has 0 N–H and O–H groups in total. The van der Waals surface area contributed by atoms with Gasteiger partial charge in [-0.2, -0.15) is 0 Å². The number of carbonyl (C=O) groups is 1. The third kappa shape index (κ3) is 3.00. The highest BCUT2D eigenvalue weighted by molar-refractivity contribution is 5.76. The van der Waals surface area contributed by atoms with Crippen molar-refractivity contribution >= 4 is 5.91 Å². The zero-order chi connectivity index (χ0) is 10.4. The highest BCUT2D eigenvalue weighted by Gasteiger charge is 2.23. The van der Waals surface area contributed by atoms with Crippen LogP contribution in [0.3, 0.4) is 0 Å². The van der Waals surface area contributed by atoms with E-state index in [2.05, 4.69) is 13.2 Å². The fraction of sp³-hybridized carbons (Fsp3) is 0.545. The van der Waals surface area contributed by atoms with Gasteiger partial charge in [0.1, 0.15) is 0 Å². The molecule has 1 aliphatic heterocycles. The zero-order valence-corrected chi connectivity index (χ0v) is 8.45. The van der Waals surface area contributed by atoms with Crippen LogP contribution in [0, 0.1) is 5.92 Å². The van der Waals surface area contributed by atoms with E-state index >= 15 is 0 Å². The Morgan fingerprint density at radius 1 is 1.36 bits per heavy atom. The molecule has 1 fully saturated rings. The summed E-state index contributed by atoms with van der Waals surface area (Å²) in [6.07, 6.45) is 4.05. The van der Waals surface area contributed by atoms with Crippen molar-refractivity contribution in [1.82, 2.24) is 4.90 Å². The average Bonchev–Trinajstić information content (AvgIpc) is 2.11. The summed E-state index contributed by atoms with van der Waals surface area (Å²) in [4.78, 5) is 13.4. The van der Waals surface area contributed by atoms with Gasteiger partial charge < -0.3 is 9.64 Å². The van der Waals surface area contributed by atoms with Gasteiger partial charge in [-0.3, -0.25) is 4.79 Å². The molecular weight excluding hydrogens is 178 g/mol. The molecule has 14 heavy (non-hydrogen) atoms. The number of nitrogens with zero attached hydrogens (tertiary/aromatic N) is 1. The molecule has 0 unspecified atom stereocenters. The Bertz CT molecular complexity index is 211. The number of ether oxygens (including phenoxy) is 1. The van der Waals surface area contributed by atoms with Crippen molar-refractivity contribution in [2.75, 3.05) is 26.3 Å². The van der Waals surface area contributed by atoms with Crippen LogP contribution >= 0.6 is 0 Å². The molecule has 3 heteroatoms. The van der Waals surface area contributed by atoms with Gasteiger partial charge in [0.05, 0.1) is 13.2 Å². The van der Waals surface area contributed by atoms with Crippen LogP contribution in [0.4, 0.5) is 0 Å². The van der Waals surface area contributed by atoms with E-state index in [-0.39, 0.29) is 5.91 Å². The van der Waals surface area contributed by atoms with E-state index in [1.807, 2.05) is 0 Å². The summed E-state index contributed by atoms with van der Waals surface area (Å²) >= 11 is 0. The summed E-state index contributed by atoms with van der Waals surface area (Å²) in [5, 5.41) is 0. The number of hydrogen-bond donors (Lipinski definition) is 0. The predicted molar refractivity (Wildman–Crippen MR) is 55.9 cm³/mol. The maximum atomic E-state index is 11.7. The van der Waals surface area contributed by atoms with E-state index in [1.165, 1.54) is 0 Å². The topological polar surface area (TPSA) is 29.5 Å². The molecule has 0 atom stereocenters. The molecular formula is C11H17NO2. The monoisotopic (exact) mass is 195 g/mol. The fourth-order valence-electron chi connectivity index (χ4n) is 1.37. The third-order valence-electron chi connectivity index (χ3n) is 2.22. The first-order valence-electron chi connectivity index (χ1n) is 4.85. The van der Waals surface area contributed by atoms with Crippen LogP contribution in [0.5, 0.6) is 0 Å². The van der Waals surface area contributed by atoms with E-state index in [1.54, 1.807) is 17.1 Å². The second-order valence-electron chi connectivity index (χ2n) is 3.48. The first-order chi connectivity index (χ1) is 6.77. The smallest absolute Gasteiger partial charge is 0.223 e. The molecule has 0 aromatic carbocycles. The lowest BCUT2D eigenvalue weighted by molar-refractivity contribution is -0.135. The minimum Gasteiger partial charge on any atom is -0.381 e. The second-order valence-corrected chi connectivity index (χ2v) is 3.48. The summed E-state index contributed by atoms with van der Waals surface area (Å²) in [6.45, 7) is 9.89. The molecule has 3 nitrogen and oxygen atoms in total. The number of carbonyl (C=O) groups excluding carboxylic acids is 1. The van der Waals surface area contributed by atoms with Crippen LogP contribution < -0.4 is 0 Å². The van der Waals surface area contributed by atoms with E-state index in [0.29, 0.717) is 25.4 Å². The molecule has 0 aliphatic carbocycles. The molecule has 0 radical (unpaired) electrons. The quantitative estimate of drug-likeness (QED) is 0.596. The molecule has 0 aromatic heterocycles. The Labute approximate surface area is 85.0 Å². The molecule has 1 rings (SSSR count). The van der Waals surface area contributed by atoms with Gasteiger partial charge in [0.25, 0.3) is 0 Å². The standard InChI is InChI=1S/C11H17NO2/c1-3-5-12(6-4-2)11(13)7-10-8-14-9-10/h3-4,10H,1-2,5-9H2. The minimum atomic E-state index is 0.165. The van der Waals surface area contributed by atoms with Crippen LogP contribution in [0.2, 0.25) is 0 Å². The molecule has 0 bridgehead atoms. The molecule has 0 aromatic rings. The van der Waals surface area contributed by atoms with E-state index < -0.39 is 0 Å². The van der Waals surface area contributed by atoms with Gasteiger partial charge in [0.15, 0.2) is 0 Å². The van der Waals surface area contributed by atoms with Crippen LogP contribution in [-0.4, -0.2) is 37.1 Å². The lowest BCUT2D eigenvalue weighted by Gasteiger charge is -2.28. The summed E-state index contributed by atoms with van der Waals surface area (Å²) in [7, 11) is 0. The molecule has 0 spiro atoms. The Kier molecular flexibility index (Phi) is 4.40. The highest BCUT2D eigenvalue weighted by Crippen LogP contribution is 2.15. The first-order valence-corrected chi connectivity index (χ1v) is 4.85. The largest absolute Gasteiger partial charge is 0.381 e. The number of rotatable bonds is 6. The number of hydrogen-bond acceptors (Lipinski definition) is 2. The van der Waals surface area contributed by atoms with Crippen molar-refractivity contribution in [3.8, 4) is 0 Å². The van der Waals surface area contributed by atoms with Crippen LogP contribution in [0.15, 0.2) is 25.3 Å². The van der Waals surface area contributed by atoms with Crippen molar-refractivity contribution in [3.63, 3.8) is 0 Å². The average molecular weight is 195 g/mol. The molecule has 1 saturated heterocycles. The Hall–Kier alpha value is -1.09. The predicted octanol–water partition coefficient (Wildman–Crippen LogP) is 1.22. The molecule has 1 heterocycles. The van der Waals surface area contributed by atoms with E-state index in [4.69, 9.17) is 4.74 Å². The van der Waals surface area contributed by atoms with E-state index in [9.17, 15) is 4.79 Å². The summed E-state index contributed by atoms with van der Waals surface area (Å²) in [5.74, 6) is 0.581. The van der Waals surface area contributed by atoms with Gasteiger partial charge in [0, 0.05) is 25.4 Å². The summed E-state index contributed by atoms with van der Waals surface area (Å²) < 4.78 is 5.02. The fourth-order valence-corrected chi connectivity index (χ4v) is 1.37. The normalized spacial score (nSPS) is 15.7. The first kappa shape index (κ1) is 11.0.